The molecule has 0 aromatic heterocycles. The second kappa shape index (κ2) is 8.46. The monoisotopic (exact) mass is 333 g/mol. The molecule has 1 unspecified atom stereocenters. The number of hydrogen-bond donors (Lipinski definition) is 2. The zero-order valence-corrected chi connectivity index (χ0v) is 13.1. The Morgan fingerprint density at radius 1 is 1.17 bits per heavy atom. The summed E-state index contributed by atoms with van der Waals surface area (Å²) in [6.07, 6.45) is 2.84. The second-order valence-corrected chi connectivity index (χ2v) is 5.47. The van der Waals surface area contributed by atoms with Crippen molar-refractivity contribution in [3.05, 3.63) is 76.6 Å². The summed E-state index contributed by atoms with van der Waals surface area (Å²) in [5.41, 5.74) is 1.51. The van der Waals surface area contributed by atoms with E-state index in [0.29, 0.717) is 10.6 Å². The van der Waals surface area contributed by atoms with Crippen LogP contribution in [0.4, 0.5) is 4.39 Å². The first-order valence-electron chi connectivity index (χ1n) is 7.17. The molecule has 0 bridgehead atoms. The zero-order chi connectivity index (χ0) is 16.7. The van der Waals surface area contributed by atoms with E-state index in [0.717, 1.165) is 5.56 Å². The molecule has 0 saturated carbocycles. The van der Waals surface area contributed by atoms with Crippen LogP contribution in [-0.4, -0.2) is 17.6 Å². The smallest absolute Gasteiger partial charge is 0.223 e. The fourth-order valence-corrected chi connectivity index (χ4v) is 2.09. The Kier molecular flexibility index (Phi) is 6.32. The van der Waals surface area contributed by atoms with Gasteiger partial charge in [0.25, 0.3) is 0 Å². The molecule has 1 amide bonds. The Labute approximate surface area is 139 Å². The normalized spacial score (nSPS) is 12.3. The average Bonchev–Trinajstić information content (AvgIpc) is 2.55. The van der Waals surface area contributed by atoms with E-state index in [4.69, 9.17) is 11.6 Å². The van der Waals surface area contributed by atoms with Crippen LogP contribution in [0.15, 0.2) is 54.6 Å². The SMILES string of the molecule is O=C(C/C=C/c1ccc(F)cc1)NCC(O)c1ccc(Cl)cc1. The first-order chi connectivity index (χ1) is 11.0. The van der Waals surface area contributed by atoms with E-state index in [1.807, 2.05) is 0 Å². The first-order valence-corrected chi connectivity index (χ1v) is 7.55. The molecule has 0 aliphatic carbocycles. The summed E-state index contributed by atoms with van der Waals surface area (Å²) in [6.45, 7) is 0.130. The molecular formula is C18H17ClFNO2. The number of aliphatic hydroxyl groups excluding tert-OH is 1. The van der Waals surface area contributed by atoms with E-state index in [-0.39, 0.29) is 24.7 Å². The van der Waals surface area contributed by atoms with Gasteiger partial charge in [0.1, 0.15) is 5.82 Å². The van der Waals surface area contributed by atoms with Gasteiger partial charge in [0, 0.05) is 18.0 Å². The molecule has 5 heteroatoms. The maximum Gasteiger partial charge on any atom is 0.223 e. The second-order valence-electron chi connectivity index (χ2n) is 5.03. The number of halogens is 2. The third kappa shape index (κ3) is 5.85. The van der Waals surface area contributed by atoms with Crippen molar-refractivity contribution >= 4 is 23.6 Å². The minimum absolute atomic E-state index is 0.130. The minimum Gasteiger partial charge on any atom is -0.387 e. The minimum atomic E-state index is -0.780. The highest BCUT2D eigenvalue weighted by molar-refractivity contribution is 6.30. The molecule has 2 rings (SSSR count). The van der Waals surface area contributed by atoms with Crippen molar-refractivity contribution in [2.24, 2.45) is 0 Å². The molecule has 1 atom stereocenters. The Hall–Kier alpha value is -2.17. The number of hydrogen-bond acceptors (Lipinski definition) is 2. The average molecular weight is 334 g/mol. The Morgan fingerprint density at radius 2 is 1.83 bits per heavy atom. The highest BCUT2D eigenvalue weighted by Crippen LogP contribution is 2.15. The summed E-state index contributed by atoms with van der Waals surface area (Å²) in [6, 6.07) is 12.8. The molecule has 2 aromatic rings. The molecule has 0 aliphatic rings. The van der Waals surface area contributed by atoms with Gasteiger partial charge in [0.05, 0.1) is 6.10 Å². The van der Waals surface area contributed by atoms with Crippen molar-refractivity contribution in [3.63, 3.8) is 0 Å². The molecule has 0 spiro atoms. The molecule has 0 aliphatic heterocycles. The molecule has 3 nitrogen and oxygen atoms in total. The van der Waals surface area contributed by atoms with E-state index in [2.05, 4.69) is 5.32 Å². The van der Waals surface area contributed by atoms with Crippen molar-refractivity contribution in [3.8, 4) is 0 Å². The van der Waals surface area contributed by atoms with Crippen molar-refractivity contribution in [2.45, 2.75) is 12.5 Å². The quantitative estimate of drug-likeness (QED) is 0.846. The molecule has 2 N–H and O–H groups in total. The van der Waals surface area contributed by atoms with Crippen LogP contribution >= 0.6 is 11.6 Å². The molecule has 0 saturated heterocycles. The lowest BCUT2D eigenvalue weighted by Crippen LogP contribution is -2.27. The molecule has 0 fully saturated rings. The summed E-state index contributed by atoms with van der Waals surface area (Å²) in [5, 5.41) is 13.2. The topological polar surface area (TPSA) is 49.3 Å². The van der Waals surface area contributed by atoms with Crippen molar-refractivity contribution < 1.29 is 14.3 Å². The number of amides is 1. The van der Waals surface area contributed by atoms with Gasteiger partial charge in [0.2, 0.25) is 5.91 Å². The van der Waals surface area contributed by atoms with Crippen LogP contribution in [0.3, 0.4) is 0 Å². The maximum atomic E-state index is 12.8. The Balaban J connectivity index is 1.76. The number of nitrogens with one attached hydrogen (secondary N) is 1. The fraction of sp³-hybridized carbons (Fsp3) is 0.167. The summed E-state index contributed by atoms with van der Waals surface area (Å²) in [5.74, 6) is -0.493. The third-order valence-corrected chi connectivity index (χ3v) is 3.48. The summed E-state index contributed by atoms with van der Waals surface area (Å²) >= 11 is 5.78. The van der Waals surface area contributed by atoms with Crippen LogP contribution < -0.4 is 5.32 Å². The van der Waals surface area contributed by atoms with Crippen molar-refractivity contribution in [2.75, 3.05) is 6.54 Å². The number of carbonyl (C=O) groups excluding carboxylic acids is 1. The van der Waals surface area contributed by atoms with Crippen LogP contribution in [-0.2, 0) is 4.79 Å². The van der Waals surface area contributed by atoms with Crippen LogP contribution in [0, 0.1) is 5.82 Å². The maximum absolute atomic E-state index is 12.8. The third-order valence-electron chi connectivity index (χ3n) is 3.23. The molecular weight excluding hydrogens is 317 g/mol. The van der Waals surface area contributed by atoms with Gasteiger partial charge in [-0.05, 0) is 35.4 Å². The predicted molar refractivity (Wildman–Crippen MR) is 89.5 cm³/mol. The number of aliphatic hydroxyl groups is 1. The zero-order valence-electron chi connectivity index (χ0n) is 12.4. The lowest BCUT2D eigenvalue weighted by Gasteiger charge is -2.11. The Morgan fingerprint density at radius 3 is 2.48 bits per heavy atom. The van der Waals surface area contributed by atoms with Crippen LogP contribution in [0.5, 0.6) is 0 Å². The fourth-order valence-electron chi connectivity index (χ4n) is 1.96. The lowest BCUT2D eigenvalue weighted by atomic mass is 10.1. The van der Waals surface area contributed by atoms with E-state index < -0.39 is 6.10 Å². The highest BCUT2D eigenvalue weighted by atomic mass is 35.5. The van der Waals surface area contributed by atoms with Gasteiger partial charge in [-0.25, -0.2) is 4.39 Å². The molecule has 2 aromatic carbocycles. The first kappa shape index (κ1) is 17.2. The standard InChI is InChI=1S/C18H17ClFNO2/c19-15-8-6-14(7-9-15)17(22)12-21-18(23)3-1-2-13-4-10-16(20)11-5-13/h1-2,4-11,17,22H,3,12H2,(H,21,23)/b2-1+. The van der Waals surface area contributed by atoms with E-state index in [1.54, 1.807) is 48.6 Å². The summed E-state index contributed by atoms with van der Waals surface area (Å²) < 4.78 is 12.8. The number of benzene rings is 2. The van der Waals surface area contributed by atoms with Gasteiger partial charge in [-0.3, -0.25) is 4.79 Å². The molecule has 120 valence electrons. The van der Waals surface area contributed by atoms with E-state index in [1.165, 1.54) is 12.1 Å². The van der Waals surface area contributed by atoms with Gasteiger partial charge in [-0.15, -0.1) is 0 Å². The van der Waals surface area contributed by atoms with Gasteiger partial charge in [-0.2, -0.15) is 0 Å². The largest absolute Gasteiger partial charge is 0.387 e. The number of carbonyl (C=O) groups is 1. The number of rotatable bonds is 6. The van der Waals surface area contributed by atoms with Gasteiger partial charge >= 0.3 is 0 Å². The van der Waals surface area contributed by atoms with Gasteiger partial charge < -0.3 is 10.4 Å². The van der Waals surface area contributed by atoms with Crippen LogP contribution in [0.25, 0.3) is 6.08 Å². The predicted octanol–water partition coefficient (Wildman–Crippen LogP) is 3.73. The van der Waals surface area contributed by atoms with E-state index >= 15 is 0 Å². The van der Waals surface area contributed by atoms with Crippen molar-refractivity contribution in [1.29, 1.82) is 0 Å². The Bertz CT molecular complexity index is 668. The van der Waals surface area contributed by atoms with Crippen LogP contribution in [0.1, 0.15) is 23.7 Å². The summed E-state index contributed by atoms with van der Waals surface area (Å²) in [4.78, 5) is 11.7. The van der Waals surface area contributed by atoms with Crippen molar-refractivity contribution in [1.82, 2.24) is 5.32 Å². The molecule has 0 radical (unpaired) electrons. The molecule has 0 heterocycles. The van der Waals surface area contributed by atoms with E-state index in [9.17, 15) is 14.3 Å². The van der Waals surface area contributed by atoms with Crippen LogP contribution in [0.2, 0.25) is 5.02 Å². The van der Waals surface area contributed by atoms with Gasteiger partial charge in [-0.1, -0.05) is 48.0 Å². The van der Waals surface area contributed by atoms with Gasteiger partial charge in [0.15, 0.2) is 0 Å². The molecule has 23 heavy (non-hydrogen) atoms. The lowest BCUT2D eigenvalue weighted by molar-refractivity contribution is -0.120. The summed E-state index contributed by atoms with van der Waals surface area (Å²) in [7, 11) is 0. The highest BCUT2D eigenvalue weighted by Gasteiger charge is 2.08.